The second-order valence-electron chi connectivity index (χ2n) is 3.53. The summed E-state index contributed by atoms with van der Waals surface area (Å²) in [6.07, 6.45) is 3.07. The summed E-state index contributed by atoms with van der Waals surface area (Å²) >= 11 is 6.07. The molecule has 0 atom stereocenters. The van der Waals surface area contributed by atoms with Gasteiger partial charge in [0.2, 0.25) is 0 Å². The maximum atomic E-state index is 11.0. The van der Waals surface area contributed by atoms with Crippen LogP contribution in [0.15, 0.2) is 30.7 Å². The summed E-state index contributed by atoms with van der Waals surface area (Å²) in [4.78, 5) is 19.0. The number of aryl methyl sites for hydroxylation is 1. The van der Waals surface area contributed by atoms with Crippen LogP contribution in [0.4, 0.5) is 0 Å². The van der Waals surface area contributed by atoms with E-state index >= 15 is 0 Å². The zero-order chi connectivity index (χ0) is 12.4. The van der Waals surface area contributed by atoms with Crippen LogP contribution in [-0.2, 0) is 0 Å². The number of carboxylic acids is 1. The van der Waals surface area contributed by atoms with Gasteiger partial charge in [-0.25, -0.2) is 14.8 Å². The highest BCUT2D eigenvalue weighted by Crippen LogP contribution is 2.30. The van der Waals surface area contributed by atoms with Crippen LogP contribution in [0, 0.1) is 6.92 Å². The molecule has 0 aliphatic heterocycles. The molecule has 0 spiro atoms. The topological polar surface area (TPSA) is 63.1 Å². The minimum absolute atomic E-state index is 0.0715. The first-order valence-electron chi connectivity index (χ1n) is 4.90. The van der Waals surface area contributed by atoms with Crippen molar-refractivity contribution < 1.29 is 9.90 Å². The van der Waals surface area contributed by atoms with Crippen molar-refractivity contribution in [3.05, 3.63) is 46.9 Å². The Morgan fingerprint density at radius 1 is 1.41 bits per heavy atom. The number of aromatic nitrogens is 2. The molecule has 2 aromatic rings. The minimum atomic E-state index is -1.05. The first kappa shape index (κ1) is 11.5. The van der Waals surface area contributed by atoms with Crippen LogP contribution >= 0.6 is 11.6 Å². The molecule has 5 heteroatoms. The fourth-order valence-electron chi connectivity index (χ4n) is 1.56. The van der Waals surface area contributed by atoms with E-state index in [1.165, 1.54) is 12.4 Å². The van der Waals surface area contributed by atoms with Gasteiger partial charge in [-0.3, -0.25) is 0 Å². The van der Waals surface area contributed by atoms with Crippen LogP contribution in [0.5, 0.6) is 0 Å². The predicted molar refractivity (Wildman–Crippen MR) is 64.2 cm³/mol. The van der Waals surface area contributed by atoms with E-state index < -0.39 is 5.97 Å². The van der Waals surface area contributed by atoms with Crippen LogP contribution in [0.25, 0.3) is 11.3 Å². The Morgan fingerprint density at radius 2 is 2.18 bits per heavy atom. The van der Waals surface area contributed by atoms with E-state index in [0.717, 1.165) is 5.56 Å². The molecule has 2 rings (SSSR count). The molecule has 0 radical (unpaired) electrons. The smallest absolute Gasteiger partial charge is 0.337 e. The highest BCUT2D eigenvalue weighted by atomic mass is 35.5. The van der Waals surface area contributed by atoms with Crippen LogP contribution in [0.3, 0.4) is 0 Å². The average molecular weight is 249 g/mol. The summed E-state index contributed by atoms with van der Waals surface area (Å²) in [5, 5.41) is 9.19. The van der Waals surface area contributed by atoms with E-state index in [1.807, 2.05) is 6.92 Å². The molecule has 1 aromatic carbocycles. The van der Waals surface area contributed by atoms with Crippen LogP contribution in [0.2, 0.25) is 5.02 Å². The third-order valence-corrected chi connectivity index (χ3v) is 2.79. The first-order chi connectivity index (χ1) is 8.11. The van der Waals surface area contributed by atoms with Gasteiger partial charge in [-0.1, -0.05) is 23.7 Å². The molecule has 17 heavy (non-hydrogen) atoms. The molecule has 86 valence electrons. The van der Waals surface area contributed by atoms with Gasteiger partial charge in [0.15, 0.2) is 0 Å². The third kappa shape index (κ3) is 2.12. The second-order valence-corrected chi connectivity index (χ2v) is 3.90. The van der Waals surface area contributed by atoms with Gasteiger partial charge < -0.3 is 5.11 Å². The fraction of sp³-hybridized carbons (Fsp3) is 0.0833. The van der Waals surface area contributed by atoms with Gasteiger partial charge >= 0.3 is 5.97 Å². The van der Waals surface area contributed by atoms with Crippen molar-refractivity contribution in [2.75, 3.05) is 0 Å². The van der Waals surface area contributed by atoms with Crippen LogP contribution in [0.1, 0.15) is 15.9 Å². The number of hydrogen-bond donors (Lipinski definition) is 1. The number of aromatic carboxylic acids is 1. The summed E-state index contributed by atoms with van der Waals surface area (Å²) in [6.45, 7) is 1.85. The van der Waals surface area contributed by atoms with Crippen LogP contribution in [-0.4, -0.2) is 21.0 Å². The van der Waals surface area contributed by atoms with E-state index in [4.69, 9.17) is 16.7 Å². The van der Waals surface area contributed by atoms with Gasteiger partial charge in [0.1, 0.15) is 6.33 Å². The Kier molecular flexibility index (Phi) is 3.06. The quantitative estimate of drug-likeness (QED) is 0.888. The maximum absolute atomic E-state index is 11.0. The molecule has 1 aromatic heterocycles. The van der Waals surface area contributed by atoms with Crippen molar-refractivity contribution in [3.63, 3.8) is 0 Å². The molecule has 0 bridgehead atoms. The van der Waals surface area contributed by atoms with Gasteiger partial charge in [-0.15, -0.1) is 0 Å². The van der Waals surface area contributed by atoms with Crippen molar-refractivity contribution >= 4 is 17.6 Å². The molecule has 0 unspecified atom stereocenters. The van der Waals surface area contributed by atoms with Crippen molar-refractivity contribution in [2.45, 2.75) is 6.92 Å². The minimum Gasteiger partial charge on any atom is -0.478 e. The summed E-state index contributed by atoms with van der Waals surface area (Å²) in [6, 6.07) is 4.85. The molecule has 0 amide bonds. The predicted octanol–water partition coefficient (Wildman–Crippen LogP) is 2.80. The first-order valence-corrected chi connectivity index (χ1v) is 5.28. The number of halogens is 1. The molecule has 4 nitrogen and oxygen atoms in total. The standard InChI is InChI=1S/C12H9ClN2O2/c1-7-5-14-6-15-11(7)8-3-2-4-9(10(8)13)12(16)17/h2-6H,1H3,(H,16,17). The molecule has 0 aliphatic carbocycles. The monoisotopic (exact) mass is 248 g/mol. The lowest BCUT2D eigenvalue weighted by Gasteiger charge is -2.08. The number of carboxylic acid groups (broad SMARTS) is 1. The molecule has 1 heterocycles. The molecule has 0 saturated carbocycles. The van der Waals surface area contributed by atoms with Crippen molar-refractivity contribution in [3.8, 4) is 11.3 Å². The lowest BCUT2D eigenvalue weighted by molar-refractivity contribution is 0.0697. The largest absolute Gasteiger partial charge is 0.478 e. The average Bonchev–Trinajstić information content (AvgIpc) is 2.30. The number of carbonyl (C=O) groups is 1. The van der Waals surface area contributed by atoms with E-state index in [0.29, 0.717) is 11.3 Å². The Balaban J connectivity index is 2.65. The van der Waals surface area contributed by atoms with E-state index in [2.05, 4.69) is 9.97 Å². The van der Waals surface area contributed by atoms with Gasteiger partial charge in [0.25, 0.3) is 0 Å². The molecule has 0 fully saturated rings. The number of hydrogen-bond acceptors (Lipinski definition) is 3. The molecule has 1 N–H and O–H groups in total. The Hall–Kier alpha value is -1.94. The maximum Gasteiger partial charge on any atom is 0.337 e. The Labute approximate surface area is 103 Å². The van der Waals surface area contributed by atoms with E-state index in [-0.39, 0.29) is 10.6 Å². The lowest BCUT2D eigenvalue weighted by Crippen LogP contribution is -1.99. The van der Waals surface area contributed by atoms with Gasteiger partial charge in [-0.2, -0.15) is 0 Å². The lowest BCUT2D eigenvalue weighted by atomic mass is 10.0. The number of nitrogens with zero attached hydrogens (tertiary/aromatic N) is 2. The third-order valence-electron chi connectivity index (χ3n) is 2.38. The van der Waals surface area contributed by atoms with Crippen molar-refractivity contribution in [1.82, 2.24) is 9.97 Å². The number of rotatable bonds is 2. The van der Waals surface area contributed by atoms with Gasteiger partial charge in [0.05, 0.1) is 16.3 Å². The zero-order valence-electron chi connectivity index (χ0n) is 9.01. The van der Waals surface area contributed by atoms with Crippen LogP contribution < -0.4 is 0 Å². The number of benzene rings is 1. The molecular formula is C12H9ClN2O2. The van der Waals surface area contributed by atoms with E-state index in [9.17, 15) is 4.79 Å². The molecule has 0 saturated heterocycles. The normalized spacial score (nSPS) is 10.2. The summed E-state index contributed by atoms with van der Waals surface area (Å²) in [5.74, 6) is -1.05. The van der Waals surface area contributed by atoms with Crippen molar-refractivity contribution in [2.24, 2.45) is 0 Å². The summed E-state index contributed by atoms with van der Waals surface area (Å²) in [7, 11) is 0. The molecule has 0 aliphatic rings. The van der Waals surface area contributed by atoms with Crippen molar-refractivity contribution in [1.29, 1.82) is 0 Å². The molecular weight excluding hydrogens is 240 g/mol. The highest BCUT2D eigenvalue weighted by molar-refractivity contribution is 6.36. The summed E-state index contributed by atoms with van der Waals surface area (Å²) < 4.78 is 0. The van der Waals surface area contributed by atoms with E-state index in [1.54, 1.807) is 18.3 Å². The SMILES string of the molecule is Cc1cncnc1-c1cccc(C(=O)O)c1Cl. The fourth-order valence-corrected chi connectivity index (χ4v) is 1.86. The Morgan fingerprint density at radius 3 is 2.82 bits per heavy atom. The zero-order valence-corrected chi connectivity index (χ0v) is 9.77. The van der Waals surface area contributed by atoms with Gasteiger partial charge in [0, 0.05) is 11.8 Å². The Bertz CT molecular complexity index is 584. The summed E-state index contributed by atoms with van der Waals surface area (Å²) in [5.41, 5.74) is 2.17. The second kappa shape index (κ2) is 4.51. The highest BCUT2D eigenvalue weighted by Gasteiger charge is 2.14. The van der Waals surface area contributed by atoms with Gasteiger partial charge in [-0.05, 0) is 18.6 Å².